The predicted molar refractivity (Wildman–Crippen MR) is 100 cm³/mol. The molecule has 0 saturated carbocycles. The lowest BCUT2D eigenvalue weighted by molar-refractivity contribution is -0.131. The van der Waals surface area contributed by atoms with Crippen molar-refractivity contribution in [1.29, 1.82) is 0 Å². The van der Waals surface area contributed by atoms with Crippen molar-refractivity contribution in [2.24, 2.45) is 0 Å². The minimum absolute atomic E-state index is 0.0235. The fraction of sp³-hybridized carbons (Fsp3) is 0.526. The zero-order valence-electron chi connectivity index (χ0n) is 15.9. The van der Waals surface area contributed by atoms with Gasteiger partial charge in [-0.15, -0.1) is 0 Å². The molecule has 8 heteroatoms. The number of carbonyl (C=O) groups excluding carboxylic acids is 1. The van der Waals surface area contributed by atoms with Gasteiger partial charge >= 0.3 is 0 Å². The molecule has 2 aromatic rings. The summed E-state index contributed by atoms with van der Waals surface area (Å²) in [6.45, 7) is 6.37. The van der Waals surface area contributed by atoms with Crippen LogP contribution in [0.5, 0.6) is 0 Å². The van der Waals surface area contributed by atoms with Crippen LogP contribution in [0.3, 0.4) is 0 Å². The van der Waals surface area contributed by atoms with Crippen LogP contribution in [0.25, 0.3) is 0 Å². The molecule has 0 aliphatic carbocycles. The Bertz CT molecular complexity index is 903. The van der Waals surface area contributed by atoms with Crippen LogP contribution in [0, 0.1) is 6.92 Å². The van der Waals surface area contributed by atoms with Crippen LogP contribution in [0.15, 0.2) is 33.7 Å². The van der Waals surface area contributed by atoms with Gasteiger partial charge in [0.1, 0.15) is 0 Å². The van der Waals surface area contributed by atoms with Gasteiger partial charge < -0.3 is 9.42 Å². The molecule has 1 atom stereocenters. The molecule has 3 rings (SSSR count). The first kappa shape index (κ1) is 19.5. The van der Waals surface area contributed by atoms with E-state index in [0.717, 1.165) is 18.4 Å². The number of piperidine rings is 1. The van der Waals surface area contributed by atoms with Crippen molar-refractivity contribution in [3.63, 3.8) is 0 Å². The van der Waals surface area contributed by atoms with Gasteiger partial charge in [0.25, 0.3) is 0 Å². The summed E-state index contributed by atoms with van der Waals surface area (Å²) in [6.07, 6.45) is 2.06. The molecule has 1 fully saturated rings. The number of likely N-dealkylation sites (tertiary alicyclic amines) is 1. The Balaban J connectivity index is 1.64. The zero-order valence-corrected chi connectivity index (χ0v) is 16.7. The van der Waals surface area contributed by atoms with E-state index in [1.165, 1.54) is 0 Å². The summed E-state index contributed by atoms with van der Waals surface area (Å²) in [7, 11) is -3.30. The van der Waals surface area contributed by atoms with Crippen LogP contribution in [-0.4, -0.2) is 47.7 Å². The minimum atomic E-state index is -3.30. The first-order valence-corrected chi connectivity index (χ1v) is 10.7. The molecule has 1 aromatic heterocycles. The van der Waals surface area contributed by atoms with Gasteiger partial charge in [0.05, 0.1) is 22.5 Å². The molecule has 1 aliphatic rings. The van der Waals surface area contributed by atoms with Gasteiger partial charge in [-0.2, -0.15) is 4.98 Å². The Morgan fingerprint density at radius 3 is 2.59 bits per heavy atom. The van der Waals surface area contributed by atoms with E-state index in [9.17, 15) is 13.2 Å². The molecule has 27 heavy (non-hydrogen) atoms. The molecular formula is C19H25N3O4S. The molecule has 2 heterocycles. The predicted octanol–water partition coefficient (Wildman–Crippen LogP) is 2.51. The second-order valence-corrected chi connectivity index (χ2v) is 9.78. The zero-order chi connectivity index (χ0) is 19.6. The third-order valence-electron chi connectivity index (χ3n) is 4.89. The van der Waals surface area contributed by atoms with Crippen LogP contribution < -0.4 is 0 Å². The second-order valence-electron chi connectivity index (χ2n) is 7.27. The molecule has 1 unspecified atom stereocenters. The molecule has 0 N–H and O–H groups in total. The lowest BCUT2D eigenvalue weighted by Gasteiger charge is -2.31. The Labute approximate surface area is 159 Å². The maximum atomic E-state index is 12.7. The normalized spacial score (nSPS) is 18.1. The number of sulfone groups is 1. The SMILES string of the molecule is Cc1noc(C2CCCN(C(=O)Cc3ccc(S(=O)(=O)C(C)C)cc3)C2)n1. The molecular weight excluding hydrogens is 366 g/mol. The number of hydrogen-bond acceptors (Lipinski definition) is 6. The highest BCUT2D eigenvalue weighted by atomic mass is 32.2. The van der Waals surface area contributed by atoms with Crippen molar-refractivity contribution in [3.05, 3.63) is 41.5 Å². The van der Waals surface area contributed by atoms with Crippen molar-refractivity contribution in [2.75, 3.05) is 13.1 Å². The van der Waals surface area contributed by atoms with Gasteiger partial charge in [-0.1, -0.05) is 17.3 Å². The maximum Gasteiger partial charge on any atom is 0.231 e. The number of hydrogen-bond donors (Lipinski definition) is 0. The third kappa shape index (κ3) is 4.37. The number of rotatable bonds is 5. The highest BCUT2D eigenvalue weighted by Gasteiger charge is 2.28. The summed E-state index contributed by atoms with van der Waals surface area (Å²) in [5.74, 6) is 1.29. The first-order valence-electron chi connectivity index (χ1n) is 9.18. The number of carbonyl (C=O) groups is 1. The van der Waals surface area contributed by atoms with Crippen LogP contribution in [0.2, 0.25) is 0 Å². The molecule has 146 valence electrons. The quantitative estimate of drug-likeness (QED) is 0.777. The van der Waals surface area contributed by atoms with Gasteiger partial charge in [-0.25, -0.2) is 8.42 Å². The molecule has 1 saturated heterocycles. The summed E-state index contributed by atoms with van der Waals surface area (Å²) in [5.41, 5.74) is 0.804. The van der Waals surface area contributed by atoms with Crippen molar-refractivity contribution in [3.8, 4) is 0 Å². The van der Waals surface area contributed by atoms with E-state index in [0.29, 0.717) is 29.7 Å². The van der Waals surface area contributed by atoms with E-state index < -0.39 is 15.1 Å². The number of aryl methyl sites for hydroxylation is 1. The minimum Gasteiger partial charge on any atom is -0.342 e. The van der Waals surface area contributed by atoms with Gasteiger partial charge in [0, 0.05) is 13.1 Å². The molecule has 0 radical (unpaired) electrons. The van der Waals surface area contributed by atoms with Crippen molar-refractivity contribution in [2.45, 2.75) is 56.1 Å². The highest BCUT2D eigenvalue weighted by Crippen LogP contribution is 2.26. The lowest BCUT2D eigenvalue weighted by Crippen LogP contribution is -2.40. The van der Waals surface area contributed by atoms with Gasteiger partial charge in [-0.3, -0.25) is 4.79 Å². The number of aromatic nitrogens is 2. The van der Waals surface area contributed by atoms with E-state index >= 15 is 0 Å². The Morgan fingerprint density at radius 2 is 2.00 bits per heavy atom. The summed E-state index contributed by atoms with van der Waals surface area (Å²) >= 11 is 0. The topological polar surface area (TPSA) is 93.4 Å². The standard InChI is InChI=1S/C19H25N3O4S/c1-13(2)27(24,25)17-8-6-15(7-9-17)11-18(23)22-10-4-5-16(12-22)19-20-14(3)21-26-19/h6-9,13,16H,4-5,10-12H2,1-3H3. The first-order chi connectivity index (χ1) is 12.8. The van der Waals surface area contributed by atoms with E-state index in [1.807, 2.05) is 4.90 Å². The molecule has 7 nitrogen and oxygen atoms in total. The monoisotopic (exact) mass is 391 g/mol. The number of benzene rings is 1. The maximum absolute atomic E-state index is 12.7. The van der Waals surface area contributed by atoms with Crippen LogP contribution in [0.4, 0.5) is 0 Å². The average molecular weight is 391 g/mol. The van der Waals surface area contributed by atoms with Crippen LogP contribution in [0.1, 0.15) is 49.9 Å². The molecule has 1 amide bonds. The third-order valence-corrected chi connectivity index (χ3v) is 7.06. The fourth-order valence-corrected chi connectivity index (χ4v) is 4.30. The summed E-state index contributed by atoms with van der Waals surface area (Å²) in [4.78, 5) is 19.1. The van der Waals surface area contributed by atoms with E-state index in [-0.39, 0.29) is 18.2 Å². The van der Waals surface area contributed by atoms with Gasteiger partial charge in [0.2, 0.25) is 11.8 Å². The Kier molecular flexibility index (Phi) is 5.64. The van der Waals surface area contributed by atoms with E-state index in [4.69, 9.17) is 4.52 Å². The van der Waals surface area contributed by atoms with Crippen molar-refractivity contribution in [1.82, 2.24) is 15.0 Å². The molecule has 1 aromatic carbocycles. The van der Waals surface area contributed by atoms with Crippen molar-refractivity contribution >= 4 is 15.7 Å². The summed E-state index contributed by atoms with van der Waals surface area (Å²) in [5, 5.41) is 3.36. The van der Waals surface area contributed by atoms with E-state index in [1.54, 1.807) is 45.0 Å². The van der Waals surface area contributed by atoms with E-state index in [2.05, 4.69) is 10.1 Å². The second kappa shape index (κ2) is 7.80. The summed E-state index contributed by atoms with van der Waals surface area (Å²) < 4.78 is 29.6. The van der Waals surface area contributed by atoms with Crippen LogP contribution >= 0.6 is 0 Å². The number of amides is 1. The number of nitrogens with zero attached hydrogens (tertiary/aromatic N) is 3. The smallest absolute Gasteiger partial charge is 0.231 e. The average Bonchev–Trinajstić information content (AvgIpc) is 3.08. The summed E-state index contributed by atoms with van der Waals surface area (Å²) in [6, 6.07) is 6.60. The fourth-order valence-electron chi connectivity index (χ4n) is 3.24. The highest BCUT2D eigenvalue weighted by molar-refractivity contribution is 7.92. The Morgan fingerprint density at radius 1 is 1.30 bits per heavy atom. The largest absolute Gasteiger partial charge is 0.342 e. The van der Waals surface area contributed by atoms with Gasteiger partial charge in [0.15, 0.2) is 15.7 Å². The lowest BCUT2D eigenvalue weighted by atomic mass is 9.97. The van der Waals surface area contributed by atoms with Gasteiger partial charge in [-0.05, 0) is 51.3 Å². The molecule has 0 bridgehead atoms. The van der Waals surface area contributed by atoms with Crippen LogP contribution in [-0.2, 0) is 21.1 Å². The Hall–Kier alpha value is -2.22. The van der Waals surface area contributed by atoms with Crippen molar-refractivity contribution < 1.29 is 17.7 Å². The molecule has 0 spiro atoms. The molecule has 1 aliphatic heterocycles.